The van der Waals surface area contributed by atoms with Crippen molar-refractivity contribution in [2.24, 2.45) is 0 Å². The van der Waals surface area contributed by atoms with E-state index in [1.54, 1.807) is 0 Å². The Kier molecular flexibility index (Phi) is 13.7. The molecule has 0 saturated heterocycles. The molecular formula is C64H52O2. The summed E-state index contributed by atoms with van der Waals surface area (Å²) in [7, 11) is 0. The van der Waals surface area contributed by atoms with Crippen LogP contribution < -0.4 is 9.47 Å². The smallest absolute Gasteiger partial charge is 0.128 e. The largest absolute Gasteiger partial charge is 0.457 e. The summed E-state index contributed by atoms with van der Waals surface area (Å²) in [5.74, 6) is 3.24. The van der Waals surface area contributed by atoms with Crippen molar-refractivity contribution in [3.8, 4) is 67.5 Å². The first kappa shape index (κ1) is 43.1. The van der Waals surface area contributed by atoms with Crippen molar-refractivity contribution in [3.05, 3.63) is 288 Å². The van der Waals surface area contributed by atoms with Gasteiger partial charge in [-0.25, -0.2) is 0 Å². The monoisotopic (exact) mass is 852 g/mol. The second-order valence-electron chi connectivity index (χ2n) is 16.8. The van der Waals surface area contributed by atoms with Crippen LogP contribution in [0.4, 0.5) is 0 Å². The van der Waals surface area contributed by atoms with E-state index in [4.69, 9.17) is 9.47 Å². The number of ether oxygens (including phenoxy) is 2. The molecule has 0 spiro atoms. The zero-order valence-electron chi connectivity index (χ0n) is 37.5. The molecule has 0 aliphatic carbocycles. The fourth-order valence-corrected chi connectivity index (χ4v) is 8.27. The number of benzene rings is 10. The lowest BCUT2D eigenvalue weighted by Crippen LogP contribution is -1.95. The summed E-state index contributed by atoms with van der Waals surface area (Å²) in [6.07, 6.45) is 1.63. The maximum absolute atomic E-state index is 6.31. The van der Waals surface area contributed by atoms with Gasteiger partial charge in [0.15, 0.2) is 0 Å². The van der Waals surface area contributed by atoms with Gasteiger partial charge in [-0.3, -0.25) is 0 Å². The Morgan fingerprint density at radius 1 is 0.227 bits per heavy atom. The van der Waals surface area contributed by atoms with E-state index >= 15 is 0 Å². The molecule has 0 bridgehead atoms. The van der Waals surface area contributed by atoms with Gasteiger partial charge < -0.3 is 9.47 Å². The minimum atomic E-state index is 0.748. The molecule has 0 atom stereocenters. The minimum absolute atomic E-state index is 0.748. The van der Waals surface area contributed by atoms with E-state index in [1.165, 1.54) is 55.6 Å². The van der Waals surface area contributed by atoms with Crippen molar-refractivity contribution in [2.45, 2.75) is 26.7 Å². The Morgan fingerprint density at radius 2 is 0.561 bits per heavy atom. The van der Waals surface area contributed by atoms with Gasteiger partial charge in [0.1, 0.15) is 23.0 Å². The Balaban J connectivity index is 0.000000717. The fourth-order valence-electron chi connectivity index (χ4n) is 8.27. The van der Waals surface area contributed by atoms with Crippen LogP contribution in [-0.4, -0.2) is 0 Å². The van der Waals surface area contributed by atoms with Gasteiger partial charge in [0.25, 0.3) is 0 Å². The zero-order chi connectivity index (χ0) is 44.9. The van der Waals surface area contributed by atoms with Crippen molar-refractivity contribution in [3.63, 3.8) is 0 Å². The summed E-state index contributed by atoms with van der Waals surface area (Å²) >= 11 is 0. The maximum Gasteiger partial charge on any atom is 0.128 e. The minimum Gasteiger partial charge on any atom is -0.457 e. The molecule has 0 aromatic heterocycles. The third kappa shape index (κ3) is 11.7. The first-order chi connectivity index (χ1) is 32.5. The Hall–Kier alpha value is -8.20. The second kappa shape index (κ2) is 21.0. The average Bonchev–Trinajstić information content (AvgIpc) is 3.35. The van der Waals surface area contributed by atoms with E-state index in [0.29, 0.717) is 0 Å². The molecule has 10 aromatic rings. The van der Waals surface area contributed by atoms with Crippen LogP contribution in [0.5, 0.6) is 23.0 Å². The number of hydrogen-bond acceptors (Lipinski definition) is 2. The molecule has 0 aliphatic heterocycles. The molecular weight excluding hydrogens is 801 g/mol. The standard InChI is InChI=1S/C57H44O2.C7H8/c1-41-15-11-19-46(29-41)50-33-44(35-52(37-50)48-21-13-27-56(39-48)58-54-23-7-3-8-24-54)31-45-34-51(47-20-12-18-43(32-47)30-42-16-5-2-6-17-42)38-53(36-45)49-22-14-28-57(40-49)59-55-25-9-4-10-26-55;1-7-5-3-2-4-6-7/h2-29,32-40H,30-31H2,1H3;2-6H,1H3. The fraction of sp³-hybridized carbons (Fsp3) is 0.0625. The highest BCUT2D eigenvalue weighted by molar-refractivity contribution is 5.78. The van der Waals surface area contributed by atoms with Crippen LogP contribution >= 0.6 is 0 Å². The summed E-state index contributed by atoms with van der Waals surface area (Å²) in [4.78, 5) is 0. The van der Waals surface area contributed by atoms with Gasteiger partial charge in [0, 0.05) is 0 Å². The number of aryl methyl sites for hydroxylation is 2. The van der Waals surface area contributed by atoms with Crippen LogP contribution in [-0.2, 0) is 12.8 Å². The van der Waals surface area contributed by atoms with E-state index in [-0.39, 0.29) is 0 Å². The van der Waals surface area contributed by atoms with E-state index in [9.17, 15) is 0 Å². The molecule has 0 saturated carbocycles. The number of rotatable bonds is 12. The zero-order valence-corrected chi connectivity index (χ0v) is 37.5. The molecule has 0 amide bonds. The summed E-state index contributed by atoms with van der Waals surface area (Å²) in [5.41, 5.74) is 16.9. The average molecular weight is 853 g/mol. The number of para-hydroxylation sites is 2. The Labute approximate surface area is 390 Å². The van der Waals surface area contributed by atoms with Gasteiger partial charge in [-0.15, -0.1) is 0 Å². The molecule has 0 heterocycles. The third-order valence-corrected chi connectivity index (χ3v) is 11.5. The molecule has 66 heavy (non-hydrogen) atoms. The first-order valence-corrected chi connectivity index (χ1v) is 22.6. The highest BCUT2D eigenvalue weighted by atomic mass is 16.5. The van der Waals surface area contributed by atoms with Crippen molar-refractivity contribution in [2.75, 3.05) is 0 Å². The molecule has 0 N–H and O–H groups in total. The van der Waals surface area contributed by atoms with Crippen molar-refractivity contribution >= 4 is 0 Å². The van der Waals surface area contributed by atoms with E-state index in [2.05, 4.69) is 178 Å². The molecule has 10 aromatic carbocycles. The molecule has 320 valence electrons. The molecule has 0 aliphatic rings. The topological polar surface area (TPSA) is 18.5 Å². The van der Waals surface area contributed by atoms with Gasteiger partial charge in [0.2, 0.25) is 0 Å². The van der Waals surface area contributed by atoms with E-state index in [0.717, 1.165) is 58.1 Å². The highest BCUT2D eigenvalue weighted by Crippen LogP contribution is 2.36. The van der Waals surface area contributed by atoms with Crippen LogP contribution in [0.3, 0.4) is 0 Å². The molecule has 2 nitrogen and oxygen atoms in total. The van der Waals surface area contributed by atoms with Gasteiger partial charge >= 0.3 is 0 Å². The predicted molar refractivity (Wildman–Crippen MR) is 276 cm³/mol. The van der Waals surface area contributed by atoms with Gasteiger partial charge in [0.05, 0.1) is 0 Å². The predicted octanol–water partition coefficient (Wildman–Crippen LogP) is 17.4. The maximum atomic E-state index is 6.31. The van der Waals surface area contributed by atoms with Crippen molar-refractivity contribution in [1.82, 2.24) is 0 Å². The Bertz CT molecular complexity index is 3040. The van der Waals surface area contributed by atoms with E-state index in [1.807, 2.05) is 91.0 Å². The van der Waals surface area contributed by atoms with Crippen LogP contribution in [0.15, 0.2) is 255 Å². The van der Waals surface area contributed by atoms with Crippen LogP contribution in [0.1, 0.15) is 33.4 Å². The number of hydrogen-bond donors (Lipinski definition) is 0. The summed E-state index contributed by atoms with van der Waals surface area (Å²) in [5, 5.41) is 0. The first-order valence-electron chi connectivity index (χ1n) is 22.6. The van der Waals surface area contributed by atoms with Crippen LogP contribution in [0.25, 0.3) is 44.5 Å². The summed E-state index contributed by atoms with van der Waals surface area (Å²) in [6.45, 7) is 4.24. The summed E-state index contributed by atoms with van der Waals surface area (Å²) in [6, 6.07) is 89.4. The van der Waals surface area contributed by atoms with Crippen LogP contribution in [0.2, 0.25) is 0 Å². The lowest BCUT2D eigenvalue weighted by Gasteiger charge is -2.15. The highest BCUT2D eigenvalue weighted by Gasteiger charge is 2.13. The lowest BCUT2D eigenvalue weighted by atomic mass is 9.90. The summed E-state index contributed by atoms with van der Waals surface area (Å²) < 4.78 is 12.6. The quantitative estimate of drug-likeness (QED) is 0.122. The molecule has 2 heteroatoms. The molecule has 10 rings (SSSR count). The molecule has 0 unspecified atom stereocenters. The Morgan fingerprint density at radius 3 is 1.02 bits per heavy atom. The van der Waals surface area contributed by atoms with Crippen molar-refractivity contribution < 1.29 is 9.47 Å². The van der Waals surface area contributed by atoms with Crippen molar-refractivity contribution in [1.29, 1.82) is 0 Å². The lowest BCUT2D eigenvalue weighted by molar-refractivity contribution is 0.482. The van der Waals surface area contributed by atoms with Gasteiger partial charge in [-0.2, -0.15) is 0 Å². The molecule has 0 fully saturated rings. The molecule has 0 radical (unpaired) electrons. The van der Waals surface area contributed by atoms with Crippen LogP contribution in [0, 0.1) is 13.8 Å². The normalized spacial score (nSPS) is 10.7. The second-order valence-corrected chi connectivity index (χ2v) is 16.8. The van der Waals surface area contributed by atoms with Gasteiger partial charge in [-0.1, -0.05) is 205 Å². The van der Waals surface area contributed by atoms with Gasteiger partial charge in [-0.05, 0) is 154 Å². The van der Waals surface area contributed by atoms with E-state index < -0.39 is 0 Å². The SMILES string of the molecule is Cc1cccc(-c2cc(Cc3cc(-c4cccc(Cc5ccccc5)c4)cc(-c4cccc(Oc5ccccc5)c4)c3)cc(-c3cccc(Oc4ccccc4)c3)c2)c1.Cc1ccccc1. The third-order valence-electron chi connectivity index (χ3n) is 11.5.